The van der Waals surface area contributed by atoms with Crippen LogP contribution in [0.4, 0.5) is 25.3 Å². The lowest BCUT2D eigenvalue weighted by atomic mass is 10.4. The van der Waals surface area contributed by atoms with Gasteiger partial charge < -0.3 is 0 Å². The van der Waals surface area contributed by atoms with Crippen LogP contribution in [0.15, 0.2) is 34.1 Å². The van der Waals surface area contributed by atoms with Crippen molar-refractivity contribution in [3.63, 3.8) is 0 Å². The van der Waals surface area contributed by atoms with E-state index in [2.05, 4.69) is 0 Å². The molecule has 2 nitrogen and oxygen atoms in total. The Labute approximate surface area is 98.8 Å². The molecule has 0 N–H and O–H groups in total. The average Bonchev–Trinajstić information content (AvgIpc) is 2.28. The molecule has 0 radical (unpaired) electrons. The summed E-state index contributed by atoms with van der Waals surface area (Å²) in [7, 11) is -10.5. The summed E-state index contributed by atoms with van der Waals surface area (Å²) in [6.45, 7) is 0. The van der Waals surface area contributed by atoms with E-state index in [4.69, 9.17) is 0 Å². The van der Waals surface area contributed by atoms with E-state index >= 15 is 0 Å². The molecule has 0 saturated heterocycles. The summed E-state index contributed by atoms with van der Waals surface area (Å²) in [5, 5.41) is -6.00. The summed E-state index contributed by atoms with van der Waals surface area (Å²) in [6, 6.07) is 1.61. The van der Waals surface area contributed by atoms with Gasteiger partial charge >= 0.3 is 10.7 Å². The highest BCUT2D eigenvalue weighted by atomic mass is 32.2. The van der Waals surface area contributed by atoms with Crippen molar-refractivity contribution in [2.45, 2.75) is 9.79 Å². The van der Waals surface area contributed by atoms with Gasteiger partial charge in [-0.05, 0) is 24.3 Å². The van der Waals surface area contributed by atoms with E-state index in [-0.39, 0.29) is 0 Å². The van der Waals surface area contributed by atoms with Gasteiger partial charge in [-0.25, -0.2) is 8.42 Å². The fourth-order valence-electron chi connectivity index (χ4n) is 0.968. The first-order valence-corrected chi connectivity index (χ1v) is 6.95. The van der Waals surface area contributed by atoms with E-state index in [1.54, 1.807) is 0 Å². The van der Waals surface area contributed by atoms with Gasteiger partial charge in [0.25, 0.3) is 0 Å². The topological polar surface area (TPSA) is 34.1 Å². The molecule has 0 fully saturated rings. The monoisotopic (exact) mass is 310 g/mol. The molecule has 0 amide bonds. The van der Waals surface area contributed by atoms with Crippen LogP contribution in [-0.2, 0) is 19.8 Å². The third-order valence-corrected chi connectivity index (χ3v) is 4.38. The van der Waals surface area contributed by atoms with Crippen molar-refractivity contribution in [3.8, 4) is 0 Å². The van der Waals surface area contributed by atoms with E-state index in [0.29, 0.717) is 24.3 Å². The molecule has 0 bridgehead atoms. The van der Waals surface area contributed by atoms with Gasteiger partial charge in [-0.15, -0.1) is 7.77 Å². The average molecular weight is 310 g/mol. The largest absolute Gasteiger partial charge is 0.355 e. The molecular formula is C8H4F6O2S2. The van der Waals surface area contributed by atoms with E-state index in [1.165, 1.54) is 0 Å². The summed E-state index contributed by atoms with van der Waals surface area (Å²) in [5.74, 6) is 0. The molecule has 18 heavy (non-hydrogen) atoms. The lowest BCUT2D eigenvalue weighted by Gasteiger charge is -2.02. The van der Waals surface area contributed by atoms with Gasteiger partial charge in [0.1, 0.15) is 0 Å². The van der Waals surface area contributed by atoms with Crippen molar-refractivity contribution in [2.75, 3.05) is 0 Å². The third kappa shape index (κ3) is 2.64. The van der Waals surface area contributed by atoms with Gasteiger partial charge in [0.05, 0.1) is 9.79 Å². The Hall–Kier alpha value is -1.16. The van der Waals surface area contributed by atoms with Crippen LogP contribution in [-0.4, -0.2) is 19.2 Å². The molecule has 2 atom stereocenters. The second kappa shape index (κ2) is 4.84. The van der Waals surface area contributed by atoms with Crippen LogP contribution in [0.5, 0.6) is 0 Å². The standard InChI is InChI=1S/C8H4F6O2S2/c9-7(10)17(13,15)5-1-2-6(4-3-5)18(14,16)8(11)12/h1-4H. The summed E-state index contributed by atoms with van der Waals surface area (Å²) >= 11 is 0. The molecule has 0 aliphatic heterocycles. The highest BCUT2D eigenvalue weighted by Crippen LogP contribution is 2.21. The molecular weight excluding hydrogens is 306 g/mol. The summed E-state index contributed by atoms with van der Waals surface area (Å²) in [6.07, 6.45) is 0. The molecule has 0 spiro atoms. The maximum absolute atomic E-state index is 13.0. The lowest BCUT2D eigenvalue weighted by molar-refractivity contribution is 0.604. The smallest absolute Gasteiger partial charge is 0.225 e. The van der Waals surface area contributed by atoms with Crippen molar-refractivity contribution in [2.24, 2.45) is 0 Å². The molecule has 0 heterocycles. The third-order valence-electron chi connectivity index (χ3n) is 1.83. The highest BCUT2D eigenvalue weighted by molar-refractivity contribution is 7.97. The van der Waals surface area contributed by atoms with Crippen LogP contribution < -0.4 is 0 Å². The minimum absolute atomic E-state index is 0.402. The molecule has 0 aliphatic carbocycles. The van der Waals surface area contributed by atoms with Crippen molar-refractivity contribution in [3.05, 3.63) is 24.3 Å². The first kappa shape index (κ1) is 14.9. The van der Waals surface area contributed by atoms with E-state index in [9.17, 15) is 33.8 Å². The minimum Gasteiger partial charge on any atom is -0.225 e. The summed E-state index contributed by atoms with van der Waals surface area (Å²) in [5.41, 5.74) is 0. The van der Waals surface area contributed by atoms with E-state index in [1.807, 2.05) is 0 Å². The molecule has 10 heteroatoms. The zero-order chi connectivity index (χ0) is 14.1. The Bertz CT molecular complexity index is 624. The van der Waals surface area contributed by atoms with Crippen molar-refractivity contribution in [1.29, 1.82) is 0 Å². The van der Waals surface area contributed by atoms with Crippen molar-refractivity contribution >= 4 is 30.6 Å². The van der Waals surface area contributed by atoms with Crippen molar-refractivity contribution in [1.82, 2.24) is 0 Å². The Morgan fingerprint density at radius 3 is 1.11 bits per heavy atom. The molecule has 1 aromatic carbocycles. The molecule has 0 saturated carbocycles. The molecule has 102 valence electrons. The second-order valence-corrected chi connectivity index (χ2v) is 6.40. The summed E-state index contributed by atoms with van der Waals surface area (Å²) in [4.78, 5) is -2.05. The number of hydrogen-bond acceptors (Lipinski definition) is 2. The van der Waals surface area contributed by atoms with Gasteiger partial charge in [-0.3, -0.25) is 0 Å². The molecule has 2 unspecified atom stereocenters. The zero-order valence-electron chi connectivity index (χ0n) is 8.21. The van der Waals surface area contributed by atoms with Crippen LogP contribution in [0.25, 0.3) is 0 Å². The Morgan fingerprint density at radius 2 is 0.944 bits per heavy atom. The number of benzene rings is 1. The zero-order valence-corrected chi connectivity index (χ0v) is 9.84. The quantitative estimate of drug-likeness (QED) is 0.478. The second-order valence-electron chi connectivity index (χ2n) is 2.89. The first-order valence-electron chi connectivity index (χ1n) is 4.04. The molecule has 1 rings (SSSR count). The number of rotatable bonds is 2. The normalized spacial score (nSPS) is 17.7. The fourth-order valence-corrected chi connectivity index (χ4v) is 2.30. The highest BCUT2D eigenvalue weighted by Gasteiger charge is 2.21. The van der Waals surface area contributed by atoms with E-state index < -0.39 is 40.4 Å². The van der Waals surface area contributed by atoms with Crippen LogP contribution in [0.2, 0.25) is 0 Å². The maximum Gasteiger partial charge on any atom is 0.355 e. The SMILES string of the molecule is O=S(F)(=C(F)F)c1ccc(S(=O)(F)=C(F)F)cc1. The minimum atomic E-state index is -5.24. The van der Waals surface area contributed by atoms with Gasteiger partial charge in [0.15, 0.2) is 0 Å². The van der Waals surface area contributed by atoms with Crippen LogP contribution >= 0.6 is 0 Å². The molecule has 1 aromatic rings. The van der Waals surface area contributed by atoms with Crippen molar-refractivity contribution < 1.29 is 33.8 Å². The molecule has 0 aliphatic rings. The van der Waals surface area contributed by atoms with Gasteiger partial charge in [-0.1, -0.05) is 0 Å². The van der Waals surface area contributed by atoms with Crippen LogP contribution in [0, 0.1) is 0 Å². The van der Waals surface area contributed by atoms with E-state index in [0.717, 1.165) is 0 Å². The lowest BCUT2D eigenvalue weighted by Crippen LogP contribution is -2.03. The van der Waals surface area contributed by atoms with Gasteiger partial charge in [-0.2, -0.15) is 17.6 Å². The Morgan fingerprint density at radius 1 is 0.722 bits per heavy atom. The predicted octanol–water partition coefficient (Wildman–Crippen LogP) is 2.80. The Kier molecular flexibility index (Phi) is 4.01. The van der Waals surface area contributed by atoms with Gasteiger partial charge in [0.2, 0.25) is 19.8 Å². The Balaban J connectivity index is 3.44. The maximum atomic E-state index is 13.0. The molecule has 0 aromatic heterocycles. The predicted molar refractivity (Wildman–Crippen MR) is 55.9 cm³/mol. The van der Waals surface area contributed by atoms with Crippen LogP contribution in [0.1, 0.15) is 0 Å². The summed E-state index contributed by atoms with van der Waals surface area (Å²) < 4.78 is 95.4. The number of hydrogen-bond donors (Lipinski definition) is 0. The fraction of sp³-hybridized carbons (Fsp3) is 0. The van der Waals surface area contributed by atoms with Gasteiger partial charge in [0, 0.05) is 0 Å². The number of halogens is 6. The van der Waals surface area contributed by atoms with Crippen LogP contribution in [0.3, 0.4) is 0 Å². The first-order chi connectivity index (χ1) is 8.10.